The Kier molecular flexibility index (Phi) is 3.65. The maximum atomic E-state index is 5.87. The lowest BCUT2D eigenvalue weighted by molar-refractivity contribution is -0.0644. The van der Waals surface area contributed by atoms with Gasteiger partial charge in [0.25, 0.3) is 0 Å². The van der Waals surface area contributed by atoms with Crippen LogP contribution in [-0.2, 0) is 9.57 Å². The second-order valence-electron chi connectivity index (χ2n) is 5.41. The molecular formula is C12H23NO2. The Bertz CT molecular complexity index is 200. The first-order valence-electron chi connectivity index (χ1n) is 6.22. The van der Waals surface area contributed by atoms with Crippen LogP contribution in [0.2, 0.25) is 0 Å². The van der Waals surface area contributed by atoms with Gasteiger partial charge >= 0.3 is 0 Å². The van der Waals surface area contributed by atoms with E-state index in [-0.39, 0.29) is 5.60 Å². The summed E-state index contributed by atoms with van der Waals surface area (Å²) >= 11 is 0. The van der Waals surface area contributed by atoms with Crippen molar-refractivity contribution >= 4 is 0 Å². The maximum absolute atomic E-state index is 5.87. The van der Waals surface area contributed by atoms with Crippen molar-refractivity contribution in [3.8, 4) is 0 Å². The number of hydrogen-bond acceptors (Lipinski definition) is 3. The van der Waals surface area contributed by atoms with Crippen molar-refractivity contribution in [1.29, 1.82) is 0 Å². The molecule has 2 fully saturated rings. The van der Waals surface area contributed by atoms with Crippen LogP contribution in [0.4, 0.5) is 0 Å². The molecule has 1 unspecified atom stereocenters. The van der Waals surface area contributed by atoms with Crippen LogP contribution in [0.5, 0.6) is 0 Å². The van der Waals surface area contributed by atoms with Crippen LogP contribution in [0.3, 0.4) is 0 Å². The van der Waals surface area contributed by atoms with E-state index in [1.54, 1.807) is 0 Å². The summed E-state index contributed by atoms with van der Waals surface area (Å²) in [6, 6.07) is 0. The van der Waals surface area contributed by atoms with Gasteiger partial charge in [0.2, 0.25) is 0 Å². The summed E-state index contributed by atoms with van der Waals surface area (Å²) in [6.45, 7) is 5.15. The molecule has 0 aromatic rings. The lowest BCUT2D eigenvalue weighted by Gasteiger charge is -2.20. The zero-order chi connectivity index (χ0) is 10.7. The Morgan fingerprint density at radius 3 is 2.60 bits per heavy atom. The van der Waals surface area contributed by atoms with E-state index in [0.29, 0.717) is 12.2 Å². The fourth-order valence-corrected chi connectivity index (χ4v) is 2.49. The third kappa shape index (κ3) is 3.44. The highest BCUT2D eigenvalue weighted by Gasteiger charge is 2.31. The number of ether oxygens (including phenoxy) is 1. The Balaban J connectivity index is 1.58. The lowest BCUT2D eigenvalue weighted by Crippen LogP contribution is -2.31. The van der Waals surface area contributed by atoms with E-state index in [9.17, 15) is 0 Å². The number of hydroxylamine groups is 1. The normalized spacial score (nSPS) is 31.2. The summed E-state index contributed by atoms with van der Waals surface area (Å²) in [7, 11) is 0. The fraction of sp³-hybridized carbons (Fsp3) is 1.00. The predicted molar refractivity (Wildman–Crippen MR) is 59.5 cm³/mol. The van der Waals surface area contributed by atoms with E-state index in [1.807, 2.05) is 0 Å². The van der Waals surface area contributed by atoms with Crippen molar-refractivity contribution in [1.82, 2.24) is 5.48 Å². The van der Waals surface area contributed by atoms with Crippen LogP contribution in [0, 0.1) is 0 Å². The van der Waals surface area contributed by atoms with Crippen molar-refractivity contribution in [3.05, 3.63) is 0 Å². The minimum atomic E-state index is 0.0692. The molecule has 2 rings (SSSR count). The van der Waals surface area contributed by atoms with Crippen LogP contribution in [-0.4, -0.2) is 24.4 Å². The van der Waals surface area contributed by atoms with Gasteiger partial charge in [0.15, 0.2) is 0 Å². The molecule has 1 saturated carbocycles. The van der Waals surface area contributed by atoms with Crippen molar-refractivity contribution in [3.63, 3.8) is 0 Å². The molecule has 1 aliphatic heterocycles. The number of hydrogen-bond donors (Lipinski definition) is 1. The van der Waals surface area contributed by atoms with E-state index < -0.39 is 0 Å². The quantitative estimate of drug-likeness (QED) is 0.727. The Labute approximate surface area is 92.5 Å². The molecule has 1 heterocycles. The first-order valence-corrected chi connectivity index (χ1v) is 6.22. The molecule has 15 heavy (non-hydrogen) atoms. The largest absolute Gasteiger partial charge is 0.371 e. The topological polar surface area (TPSA) is 30.5 Å². The van der Waals surface area contributed by atoms with Crippen LogP contribution >= 0.6 is 0 Å². The molecule has 1 atom stereocenters. The van der Waals surface area contributed by atoms with Crippen molar-refractivity contribution in [2.45, 2.75) is 70.2 Å². The van der Waals surface area contributed by atoms with Crippen molar-refractivity contribution < 1.29 is 9.57 Å². The predicted octanol–water partition coefficient (Wildman–Crippen LogP) is 2.41. The molecule has 0 spiro atoms. The first kappa shape index (κ1) is 11.4. The molecule has 0 radical (unpaired) electrons. The highest BCUT2D eigenvalue weighted by molar-refractivity contribution is 4.81. The van der Waals surface area contributed by atoms with E-state index >= 15 is 0 Å². The van der Waals surface area contributed by atoms with Crippen LogP contribution in [0.1, 0.15) is 52.4 Å². The molecule has 1 N–H and O–H groups in total. The van der Waals surface area contributed by atoms with E-state index in [0.717, 1.165) is 19.4 Å². The second-order valence-corrected chi connectivity index (χ2v) is 5.41. The van der Waals surface area contributed by atoms with E-state index in [2.05, 4.69) is 19.3 Å². The molecule has 0 aromatic heterocycles. The average molecular weight is 213 g/mol. The summed E-state index contributed by atoms with van der Waals surface area (Å²) in [6.07, 6.45) is 8.14. The summed E-state index contributed by atoms with van der Waals surface area (Å²) in [5.74, 6) is 0. The van der Waals surface area contributed by atoms with Gasteiger partial charge in [0.1, 0.15) is 0 Å². The Hall–Kier alpha value is -0.120. The molecule has 1 aliphatic carbocycles. The van der Waals surface area contributed by atoms with Crippen molar-refractivity contribution in [2.75, 3.05) is 6.54 Å². The zero-order valence-electron chi connectivity index (χ0n) is 9.92. The third-order valence-corrected chi connectivity index (χ3v) is 3.42. The van der Waals surface area contributed by atoms with Gasteiger partial charge in [0.05, 0.1) is 17.8 Å². The Morgan fingerprint density at radius 2 is 2.00 bits per heavy atom. The van der Waals surface area contributed by atoms with Gasteiger partial charge in [0, 0.05) is 6.54 Å². The van der Waals surface area contributed by atoms with Crippen LogP contribution in [0.25, 0.3) is 0 Å². The molecule has 88 valence electrons. The SMILES string of the molecule is CC1(C)CCC(CNOC2CCCC2)O1. The van der Waals surface area contributed by atoms with Gasteiger partial charge in [-0.15, -0.1) is 0 Å². The number of rotatable bonds is 4. The summed E-state index contributed by atoms with van der Waals surface area (Å²) in [4.78, 5) is 5.60. The standard InChI is InChI=1S/C12H23NO2/c1-12(2)8-7-11(14-12)9-13-15-10-5-3-4-6-10/h10-11,13H,3-9H2,1-2H3. The van der Waals surface area contributed by atoms with Gasteiger partial charge in [-0.2, -0.15) is 5.48 Å². The second kappa shape index (κ2) is 4.81. The van der Waals surface area contributed by atoms with Gasteiger partial charge in [-0.3, -0.25) is 4.84 Å². The average Bonchev–Trinajstić information content (AvgIpc) is 2.76. The summed E-state index contributed by atoms with van der Waals surface area (Å²) in [5, 5.41) is 0. The summed E-state index contributed by atoms with van der Waals surface area (Å²) < 4.78 is 5.87. The molecule has 3 heteroatoms. The highest BCUT2D eigenvalue weighted by atomic mass is 16.7. The van der Waals surface area contributed by atoms with E-state index in [4.69, 9.17) is 9.57 Å². The minimum Gasteiger partial charge on any atom is -0.371 e. The smallest absolute Gasteiger partial charge is 0.0790 e. The minimum absolute atomic E-state index is 0.0692. The molecule has 0 bridgehead atoms. The third-order valence-electron chi connectivity index (χ3n) is 3.42. The summed E-state index contributed by atoms with van der Waals surface area (Å²) in [5.41, 5.74) is 3.15. The Morgan fingerprint density at radius 1 is 1.27 bits per heavy atom. The molecule has 1 saturated heterocycles. The lowest BCUT2D eigenvalue weighted by atomic mass is 10.1. The maximum Gasteiger partial charge on any atom is 0.0790 e. The van der Waals surface area contributed by atoms with Gasteiger partial charge in [-0.1, -0.05) is 12.8 Å². The highest BCUT2D eigenvalue weighted by Crippen LogP contribution is 2.29. The van der Waals surface area contributed by atoms with Crippen molar-refractivity contribution in [2.24, 2.45) is 0 Å². The zero-order valence-corrected chi connectivity index (χ0v) is 9.92. The van der Waals surface area contributed by atoms with Crippen LogP contribution < -0.4 is 5.48 Å². The first-order chi connectivity index (χ1) is 7.16. The van der Waals surface area contributed by atoms with Gasteiger partial charge < -0.3 is 4.74 Å². The van der Waals surface area contributed by atoms with Crippen LogP contribution in [0.15, 0.2) is 0 Å². The molecular weight excluding hydrogens is 190 g/mol. The monoisotopic (exact) mass is 213 g/mol. The molecule has 2 aliphatic rings. The molecule has 0 amide bonds. The molecule has 0 aromatic carbocycles. The molecule has 3 nitrogen and oxygen atoms in total. The van der Waals surface area contributed by atoms with Gasteiger partial charge in [-0.25, -0.2) is 0 Å². The van der Waals surface area contributed by atoms with E-state index in [1.165, 1.54) is 25.7 Å². The fourth-order valence-electron chi connectivity index (χ4n) is 2.49. The number of nitrogens with one attached hydrogen (secondary N) is 1. The van der Waals surface area contributed by atoms with Gasteiger partial charge in [-0.05, 0) is 39.5 Å².